The van der Waals surface area contributed by atoms with Gasteiger partial charge in [0, 0.05) is 35.7 Å². The van der Waals surface area contributed by atoms with Crippen molar-refractivity contribution >= 4 is 5.71 Å². The standard InChI is InChI=1S/C20H26N2O2/c1-3-15-16-7-9-22-18(11-20(15,16)22)19(23)13-6-8-21-17-5-4-12(24-2)10-14(13)17/h3-5,10,13-16,18-19,23H,1,6-9,11H2,2H3/t13?,14?,15?,16?,18-,19+,20?/m1/s1. The van der Waals surface area contributed by atoms with E-state index in [1.54, 1.807) is 7.11 Å². The molecule has 4 nitrogen and oxygen atoms in total. The quantitative estimate of drug-likeness (QED) is 0.806. The lowest BCUT2D eigenvalue weighted by atomic mass is 9.72. The van der Waals surface area contributed by atoms with Gasteiger partial charge >= 0.3 is 0 Å². The molecule has 5 unspecified atom stereocenters. The number of methoxy groups -OCH3 is 1. The van der Waals surface area contributed by atoms with E-state index >= 15 is 0 Å². The fourth-order valence-electron chi connectivity index (χ4n) is 6.17. The lowest BCUT2D eigenvalue weighted by molar-refractivity contribution is -0.0894. The van der Waals surface area contributed by atoms with Gasteiger partial charge in [-0.15, -0.1) is 6.58 Å². The average molecular weight is 326 g/mol. The summed E-state index contributed by atoms with van der Waals surface area (Å²) in [6.07, 6.45) is 11.4. The van der Waals surface area contributed by atoms with Gasteiger partial charge in [-0.25, -0.2) is 0 Å². The summed E-state index contributed by atoms with van der Waals surface area (Å²) in [5, 5.41) is 11.2. The Hall–Kier alpha value is -1.39. The van der Waals surface area contributed by atoms with Crippen LogP contribution >= 0.6 is 0 Å². The van der Waals surface area contributed by atoms with Crippen LogP contribution in [0.5, 0.6) is 0 Å². The van der Waals surface area contributed by atoms with E-state index < -0.39 is 0 Å². The van der Waals surface area contributed by atoms with Crippen LogP contribution in [0.15, 0.2) is 41.6 Å². The first kappa shape index (κ1) is 14.9. The molecular formula is C20H26N2O2. The van der Waals surface area contributed by atoms with Gasteiger partial charge in [0.05, 0.1) is 13.2 Å². The van der Waals surface area contributed by atoms with Crippen molar-refractivity contribution in [3.05, 3.63) is 36.6 Å². The molecule has 0 aromatic heterocycles. The molecule has 1 N–H and O–H groups in total. The van der Waals surface area contributed by atoms with Crippen LogP contribution in [-0.2, 0) is 4.74 Å². The van der Waals surface area contributed by atoms with Crippen LogP contribution in [0.3, 0.4) is 0 Å². The summed E-state index contributed by atoms with van der Waals surface area (Å²) >= 11 is 0. The molecule has 2 aliphatic carbocycles. The van der Waals surface area contributed by atoms with Gasteiger partial charge in [-0.3, -0.25) is 9.89 Å². The first-order chi connectivity index (χ1) is 11.7. The lowest BCUT2D eigenvalue weighted by Gasteiger charge is -2.53. The number of ether oxygens (including phenoxy) is 1. The van der Waals surface area contributed by atoms with E-state index in [1.165, 1.54) is 6.42 Å². The highest BCUT2D eigenvalue weighted by Gasteiger charge is 2.76. The van der Waals surface area contributed by atoms with Crippen LogP contribution in [-0.4, -0.2) is 53.6 Å². The zero-order valence-electron chi connectivity index (χ0n) is 14.3. The number of allylic oxidation sites excluding steroid dienone is 3. The minimum absolute atomic E-state index is 0.193. The lowest BCUT2D eigenvalue weighted by Crippen LogP contribution is -2.64. The van der Waals surface area contributed by atoms with Gasteiger partial charge in [0.25, 0.3) is 0 Å². The molecule has 4 heteroatoms. The Morgan fingerprint density at radius 3 is 3.08 bits per heavy atom. The first-order valence-electron chi connectivity index (χ1n) is 9.26. The zero-order chi connectivity index (χ0) is 16.5. The van der Waals surface area contributed by atoms with E-state index in [-0.39, 0.29) is 17.9 Å². The summed E-state index contributed by atoms with van der Waals surface area (Å²) in [6.45, 7) is 5.99. The van der Waals surface area contributed by atoms with Crippen molar-refractivity contribution in [2.45, 2.75) is 36.9 Å². The molecule has 1 saturated carbocycles. The average Bonchev–Trinajstić information content (AvgIpc) is 3.18. The second-order valence-electron chi connectivity index (χ2n) is 7.99. The molecule has 5 aliphatic rings. The Labute approximate surface area is 143 Å². The third-order valence-electron chi connectivity index (χ3n) is 7.34. The van der Waals surface area contributed by atoms with Crippen molar-refractivity contribution in [1.29, 1.82) is 0 Å². The smallest absolute Gasteiger partial charge is 0.115 e. The molecule has 1 spiro atoms. The number of hydrogen-bond acceptors (Lipinski definition) is 4. The Bertz CT molecular complexity index is 667. The fraction of sp³-hybridized carbons (Fsp3) is 0.650. The van der Waals surface area contributed by atoms with E-state index in [9.17, 15) is 5.11 Å². The summed E-state index contributed by atoms with van der Waals surface area (Å²) in [5.41, 5.74) is 1.48. The third-order valence-corrected chi connectivity index (χ3v) is 7.34. The number of hydrogen-bond donors (Lipinski definition) is 1. The Morgan fingerprint density at radius 2 is 2.33 bits per heavy atom. The summed E-state index contributed by atoms with van der Waals surface area (Å²) in [4.78, 5) is 7.26. The minimum Gasteiger partial charge on any atom is -0.497 e. The zero-order valence-corrected chi connectivity index (χ0v) is 14.3. The van der Waals surface area contributed by atoms with E-state index in [0.717, 1.165) is 43.3 Å². The Morgan fingerprint density at radius 1 is 1.46 bits per heavy atom. The maximum Gasteiger partial charge on any atom is 0.115 e. The van der Waals surface area contributed by atoms with Crippen molar-refractivity contribution in [2.24, 2.45) is 28.7 Å². The molecule has 0 amide bonds. The van der Waals surface area contributed by atoms with Crippen LogP contribution < -0.4 is 0 Å². The molecule has 5 rings (SSSR count). The maximum atomic E-state index is 11.2. The van der Waals surface area contributed by atoms with Crippen LogP contribution in [0, 0.1) is 23.7 Å². The molecule has 128 valence electrons. The van der Waals surface area contributed by atoms with Crippen LogP contribution in [0.2, 0.25) is 0 Å². The summed E-state index contributed by atoms with van der Waals surface area (Å²) in [6, 6.07) is 0.314. The maximum absolute atomic E-state index is 11.2. The first-order valence-corrected chi connectivity index (χ1v) is 9.26. The van der Waals surface area contributed by atoms with Gasteiger partial charge in [0.15, 0.2) is 0 Å². The molecule has 0 aromatic rings. The number of aliphatic hydroxyl groups is 1. The molecule has 2 saturated heterocycles. The van der Waals surface area contributed by atoms with Crippen molar-refractivity contribution in [3.63, 3.8) is 0 Å². The van der Waals surface area contributed by atoms with Gasteiger partial charge in [-0.05, 0) is 55.9 Å². The monoisotopic (exact) mass is 326 g/mol. The molecule has 3 fully saturated rings. The molecule has 7 atom stereocenters. The van der Waals surface area contributed by atoms with Crippen LogP contribution in [0.1, 0.15) is 19.3 Å². The second kappa shape index (κ2) is 5.06. The van der Waals surface area contributed by atoms with Crippen LogP contribution in [0.25, 0.3) is 0 Å². The SMILES string of the molecule is C=CC1C2CCN3[C@@H]([C@@H](O)C4CCN=C5C=CC(OC)=CC54)CC123. The van der Waals surface area contributed by atoms with Crippen molar-refractivity contribution in [1.82, 2.24) is 4.90 Å². The number of aliphatic imine (C=N–C) groups is 1. The molecule has 0 radical (unpaired) electrons. The molecular weight excluding hydrogens is 300 g/mol. The number of fused-ring (bicyclic) bond motifs is 1. The number of piperidine rings is 1. The van der Waals surface area contributed by atoms with Crippen molar-refractivity contribution in [3.8, 4) is 0 Å². The third kappa shape index (κ3) is 1.73. The number of nitrogens with zero attached hydrogens (tertiary/aromatic N) is 2. The molecule has 0 aromatic carbocycles. The largest absolute Gasteiger partial charge is 0.497 e. The van der Waals surface area contributed by atoms with E-state index in [4.69, 9.17) is 4.74 Å². The number of rotatable bonds is 4. The summed E-state index contributed by atoms with van der Waals surface area (Å²) in [5.74, 6) is 2.79. The van der Waals surface area contributed by atoms with Gasteiger partial charge in [0.1, 0.15) is 5.76 Å². The van der Waals surface area contributed by atoms with E-state index in [1.807, 2.05) is 6.08 Å². The Balaban J connectivity index is 1.36. The summed E-state index contributed by atoms with van der Waals surface area (Å²) in [7, 11) is 1.70. The predicted molar refractivity (Wildman–Crippen MR) is 93.8 cm³/mol. The Kier molecular flexibility index (Phi) is 3.14. The van der Waals surface area contributed by atoms with Crippen molar-refractivity contribution in [2.75, 3.05) is 20.2 Å². The molecule has 3 aliphatic heterocycles. The van der Waals surface area contributed by atoms with Gasteiger partial charge in [-0.1, -0.05) is 6.08 Å². The van der Waals surface area contributed by atoms with Gasteiger partial charge in [-0.2, -0.15) is 0 Å². The van der Waals surface area contributed by atoms with Crippen LogP contribution in [0.4, 0.5) is 0 Å². The highest BCUT2D eigenvalue weighted by molar-refractivity contribution is 6.00. The molecule has 0 bridgehead atoms. The predicted octanol–water partition coefficient (Wildman–Crippen LogP) is 2.17. The normalized spacial score (nSPS) is 46.7. The highest BCUT2D eigenvalue weighted by atomic mass is 16.5. The van der Waals surface area contributed by atoms with Gasteiger partial charge in [0.2, 0.25) is 0 Å². The molecule has 3 heterocycles. The highest BCUT2D eigenvalue weighted by Crippen LogP contribution is 2.70. The van der Waals surface area contributed by atoms with E-state index in [0.29, 0.717) is 17.5 Å². The molecule has 24 heavy (non-hydrogen) atoms. The second-order valence-corrected chi connectivity index (χ2v) is 7.99. The van der Waals surface area contributed by atoms with Crippen molar-refractivity contribution < 1.29 is 9.84 Å². The minimum atomic E-state index is -0.281. The van der Waals surface area contributed by atoms with E-state index in [2.05, 4.69) is 34.7 Å². The topological polar surface area (TPSA) is 45.1 Å². The fourth-order valence-corrected chi connectivity index (χ4v) is 6.17. The van der Waals surface area contributed by atoms with Gasteiger partial charge < -0.3 is 9.84 Å². The summed E-state index contributed by atoms with van der Waals surface area (Å²) < 4.78 is 5.41. The number of aliphatic hydroxyl groups excluding tert-OH is 1.